The molecule has 35 heavy (non-hydrogen) atoms. The monoisotopic (exact) mass is 500 g/mol. The summed E-state index contributed by atoms with van der Waals surface area (Å²) in [6, 6.07) is 8.33. The van der Waals surface area contributed by atoms with Crippen LogP contribution in [0.3, 0.4) is 0 Å². The van der Waals surface area contributed by atoms with Gasteiger partial charge in [-0.1, -0.05) is 32.9 Å². The maximum absolute atomic E-state index is 13.2. The van der Waals surface area contributed by atoms with Gasteiger partial charge < -0.3 is 10.5 Å². The first-order chi connectivity index (χ1) is 16.4. The third-order valence-electron chi connectivity index (χ3n) is 5.98. The average Bonchev–Trinajstić information content (AvgIpc) is 3.43. The van der Waals surface area contributed by atoms with Crippen LogP contribution in [-0.4, -0.2) is 40.5 Å². The van der Waals surface area contributed by atoms with E-state index in [0.29, 0.717) is 24.8 Å². The fourth-order valence-corrected chi connectivity index (χ4v) is 5.36. The Morgan fingerprint density at radius 2 is 1.86 bits per heavy atom. The smallest absolute Gasteiger partial charge is 0.404 e. The first-order valence-electron chi connectivity index (χ1n) is 11.2. The fraction of sp³-hybridized carbons (Fsp3) is 0.391. The van der Waals surface area contributed by atoms with Gasteiger partial charge in [0.05, 0.1) is 11.1 Å². The minimum atomic E-state index is -3.87. The maximum Gasteiger partial charge on any atom is 0.404 e. The van der Waals surface area contributed by atoms with Gasteiger partial charge in [0.15, 0.2) is 11.5 Å². The molecule has 0 spiro atoms. The highest BCUT2D eigenvalue weighted by atomic mass is 32.2. The predicted octanol–water partition coefficient (Wildman–Crippen LogP) is 2.67. The van der Waals surface area contributed by atoms with E-state index >= 15 is 0 Å². The number of aromatic nitrogens is 3. The molecule has 2 amide bonds. The Morgan fingerprint density at radius 3 is 2.51 bits per heavy atom. The van der Waals surface area contributed by atoms with Gasteiger partial charge in [0.1, 0.15) is 11.6 Å². The second-order valence-corrected chi connectivity index (χ2v) is 11.4. The largest absolute Gasteiger partial charge is 0.446 e. The second-order valence-electron chi connectivity index (χ2n) is 9.54. The van der Waals surface area contributed by atoms with E-state index in [1.807, 2.05) is 12.1 Å². The number of nitrogens with one attached hydrogen (secondary N) is 2. The number of benzene rings is 1. The van der Waals surface area contributed by atoms with E-state index in [-0.39, 0.29) is 39.7 Å². The summed E-state index contributed by atoms with van der Waals surface area (Å²) >= 11 is 0. The Balaban J connectivity index is 1.45. The SMILES string of the molecule is CC(C)(C)c1ccc(S(=O)(=O)n2ccc3nc(NNC(=O)[C@@H]4CC[C@@H](OC(N)=O)C4)cnc32)cc1. The highest BCUT2D eigenvalue weighted by molar-refractivity contribution is 7.90. The van der Waals surface area contributed by atoms with E-state index in [4.69, 9.17) is 10.5 Å². The summed E-state index contributed by atoms with van der Waals surface area (Å²) in [4.78, 5) is 32.0. The zero-order valence-electron chi connectivity index (χ0n) is 19.7. The number of rotatable bonds is 6. The van der Waals surface area contributed by atoms with Crippen LogP contribution in [0, 0.1) is 5.92 Å². The minimum absolute atomic E-state index is 0.0938. The molecule has 1 aliphatic rings. The molecule has 0 unspecified atom stereocenters. The van der Waals surface area contributed by atoms with Gasteiger partial charge in [-0.3, -0.25) is 15.6 Å². The molecule has 1 saturated carbocycles. The summed E-state index contributed by atoms with van der Waals surface area (Å²) < 4.78 is 32.4. The molecular formula is C23H28N6O5S. The molecular weight excluding hydrogens is 472 g/mol. The number of hydrazine groups is 1. The molecule has 4 N–H and O–H groups in total. The average molecular weight is 501 g/mol. The van der Waals surface area contributed by atoms with Crippen LogP contribution >= 0.6 is 0 Å². The Hall–Kier alpha value is -3.67. The molecule has 12 heteroatoms. The molecule has 2 heterocycles. The van der Waals surface area contributed by atoms with Gasteiger partial charge in [0.25, 0.3) is 10.0 Å². The lowest BCUT2D eigenvalue weighted by atomic mass is 9.87. The van der Waals surface area contributed by atoms with Crippen molar-refractivity contribution in [3.05, 3.63) is 48.3 Å². The number of amides is 2. The van der Waals surface area contributed by atoms with Crippen LogP contribution in [0.1, 0.15) is 45.6 Å². The lowest BCUT2D eigenvalue weighted by Gasteiger charge is -2.19. The van der Waals surface area contributed by atoms with Crippen LogP contribution in [0.5, 0.6) is 0 Å². The van der Waals surface area contributed by atoms with Crippen molar-refractivity contribution in [2.45, 2.75) is 56.4 Å². The topological polar surface area (TPSA) is 158 Å². The van der Waals surface area contributed by atoms with Crippen molar-refractivity contribution in [3.63, 3.8) is 0 Å². The van der Waals surface area contributed by atoms with Gasteiger partial charge in [-0.25, -0.2) is 27.2 Å². The molecule has 1 aromatic carbocycles. The number of hydrogen-bond acceptors (Lipinski definition) is 8. The molecule has 3 aromatic rings. The van der Waals surface area contributed by atoms with Gasteiger partial charge in [-0.2, -0.15) is 0 Å². The summed E-state index contributed by atoms with van der Waals surface area (Å²) in [5.74, 6) is -0.362. The van der Waals surface area contributed by atoms with Crippen LogP contribution in [-0.2, 0) is 25.0 Å². The molecule has 0 radical (unpaired) electrons. The number of hydrogen-bond donors (Lipinski definition) is 3. The van der Waals surface area contributed by atoms with Crippen LogP contribution in [0.25, 0.3) is 11.2 Å². The van der Waals surface area contributed by atoms with E-state index in [9.17, 15) is 18.0 Å². The zero-order valence-corrected chi connectivity index (χ0v) is 20.5. The molecule has 2 atom stereocenters. The van der Waals surface area contributed by atoms with Crippen LogP contribution in [0.2, 0.25) is 0 Å². The summed E-state index contributed by atoms with van der Waals surface area (Å²) in [6.45, 7) is 6.17. The molecule has 2 aromatic heterocycles. The van der Waals surface area contributed by atoms with E-state index in [1.165, 1.54) is 12.4 Å². The Labute approximate surface area is 203 Å². The minimum Gasteiger partial charge on any atom is -0.446 e. The number of primary amides is 1. The number of carbonyl (C=O) groups is 2. The van der Waals surface area contributed by atoms with E-state index in [1.54, 1.807) is 18.2 Å². The van der Waals surface area contributed by atoms with Crippen LogP contribution < -0.4 is 16.6 Å². The van der Waals surface area contributed by atoms with Gasteiger partial charge in [0, 0.05) is 12.1 Å². The van der Waals surface area contributed by atoms with E-state index < -0.39 is 16.1 Å². The maximum atomic E-state index is 13.2. The molecule has 11 nitrogen and oxygen atoms in total. The molecule has 0 saturated heterocycles. The Morgan fingerprint density at radius 1 is 1.14 bits per heavy atom. The number of anilines is 1. The van der Waals surface area contributed by atoms with Crippen molar-refractivity contribution in [3.8, 4) is 0 Å². The van der Waals surface area contributed by atoms with Gasteiger partial charge in [-0.15, -0.1) is 0 Å². The summed E-state index contributed by atoms with van der Waals surface area (Å²) in [6.07, 6.45) is 3.03. The molecule has 1 fully saturated rings. The molecule has 0 bridgehead atoms. The fourth-order valence-electron chi connectivity index (χ4n) is 4.06. The van der Waals surface area contributed by atoms with Gasteiger partial charge in [-0.05, 0) is 48.4 Å². The highest BCUT2D eigenvalue weighted by Crippen LogP contribution is 2.28. The van der Waals surface area contributed by atoms with Crippen molar-refractivity contribution in [1.82, 2.24) is 19.4 Å². The van der Waals surface area contributed by atoms with Crippen molar-refractivity contribution < 1.29 is 22.7 Å². The van der Waals surface area contributed by atoms with Crippen molar-refractivity contribution >= 4 is 39.0 Å². The van der Waals surface area contributed by atoms with Gasteiger partial charge >= 0.3 is 6.09 Å². The molecule has 0 aliphatic heterocycles. The highest BCUT2D eigenvalue weighted by Gasteiger charge is 2.32. The lowest BCUT2D eigenvalue weighted by molar-refractivity contribution is -0.124. The molecule has 4 rings (SSSR count). The first kappa shape index (κ1) is 24.5. The summed E-state index contributed by atoms with van der Waals surface area (Å²) in [7, 11) is -3.87. The number of nitrogens with zero attached hydrogens (tertiary/aromatic N) is 3. The summed E-state index contributed by atoms with van der Waals surface area (Å²) in [5.41, 5.74) is 11.8. The Bertz CT molecular complexity index is 1360. The number of carbonyl (C=O) groups excluding carboxylic acids is 2. The first-order valence-corrected chi connectivity index (χ1v) is 12.6. The van der Waals surface area contributed by atoms with Crippen LogP contribution in [0.4, 0.5) is 10.6 Å². The van der Waals surface area contributed by atoms with Crippen molar-refractivity contribution in [2.24, 2.45) is 11.7 Å². The predicted molar refractivity (Wildman–Crippen MR) is 129 cm³/mol. The van der Waals surface area contributed by atoms with Crippen LogP contribution in [0.15, 0.2) is 47.6 Å². The second kappa shape index (κ2) is 9.17. The quantitative estimate of drug-likeness (QED) is 0.436. The summed E-state index contributed by atoms with van der Waals surface area (Å²) in [5, 5.41) is 0. The third kappa shape index (κ3) is 5.21. The van der Waals surface area contributed by atoms with Gasteiger partial charge in [0.2, 0.25) is 5.91 Å². The number of nitrogens with two attached hydrogens (primary N) is 1. The number of ether oxygens (including phenoxy) is 1. The van der Waals surface area contributed by atoms with Crippen molar-refractivity contribution in [1.29, 1.82) is 0 Å². The molecule has 1 aliphatic carbocycles. The van der Waals surface area contributed by atoms with E-state index in [0.717, 1.165) is 9.54 Å². The van der Waals surface area contributed by atoms with Crippen molar-refractivity contribution in [2.75, 3.05) is 5.43 Å². The standard InChI is InChI=1S/C23H28N6O5S/c1-23(2,3)15-5-8-17(9-6-15)35(32,33)29-11-10-18-20(29)25-13-19(26-18)27-28-21(30)14-4-7-16(12-14)34-22(24)31/h5-6,8-11,13-14,16H,4,7,12H2,1-3H3,(H2,24,31)(H,26,27)(H,28,30)/t14-,16-/m1/s1. The van der Waals surface area contributed by atoms with E-state index in [2.05, 4.69) is 41.6 Å². The molecule has 186 valence electrons. The Kier molecular flexibility index (Phi) is 6.41. The lowest BCUT2D eigenvalue weighted by Crippen LogP contribution is -2.35. The zero-order chi connectivity index (χ0) is 25.4. The third-order valence-corrected chi connectivity index (χ3v) is 7.67. The normalized spacial score (nSPS) is 18.4. The number of fused-ring (bicyclic) bond motifs is 1.